The van der Waals surface area contributed by atoms with Gasteiger partial charge in [0.05, 0.1) is 0 Å². The van der Waals surface area contributed by atoms with E-state index >= 15 is 0 Å². The van der Waals surface area contributed by atoms with Gasteiger partial charge < -0.3 is 24.8 Å². The molecule has 40 heavy (non-hydrogen) atoms. The van der Waals surface area contributed by atoms with Crippen LogP contribution in [0.4, 0.5) is 0 Å². The normalized spacial score (nSPS) is 10.7. The Kier molecular flexibility index (Phi) is 15.0. The van der Waals surface area contributed by atoms with E-state index in [2.05, 4.69) is 148 Å². The zero-order valence-electron chi connectivity index (χ0n) is 23.6. The molecule has 0 aliphatic heterocycles. The summed E-state index contributed by atoms with van der Waals surface area (Å²) in [6, 6.07) is 38.5. The van der Waals surface area contributed by atoms with Crippen LogP contribution in [0.2, 0.25) is 26.2 Å². The Morgan fingerprint density at radius 3 is 1.07 bits per heavy atom. The second kappa shape index (κ2) is 17.6. The maximum absolute atomic E-state index is 2.99. The smallest absolute Gasteiger partial charge is 0.0771 e. The first-order chi connectivity index (χ1) is 18.5. The molecule has 1 aliphatic rings. The predicted molar refractivity (Wildman–Crippen MR) is 171 cm³/mol. The molecule has 0 bridgehead atoms. The average molecular weight is 631 g/mol. The van der Waals surface area contributed by atoms with Gasteiger partial charge in [-0.2, -0.15) is 6.08 Å². The number of rotatable bonds is 0. The molecule has 0 unspecified atom stereocenters. The number of fused-ring (bicyclic) bond motifs is 6. The van der Waals surface area contributed by atoms with E-state index in [9.17, 15) is 0 Å². The minimum Gasteiger partial charge on any atom is -1.00 e. The number of benzene rings is 4. The van der Waals surface area contributed by atoms with Gasteiger partial charge in [-0.25, -0.2) is 12.2 Å². The van der Waals surface area contributed by atoms with Gasteiger partial charge in [-0.15, -0.1) is 85.9 Å². The molecular weight excluding hydrogens is 595 g/mol. The summed E-state index contributed by atoms with van der Waals surface area (Å²) in [4.78, 5) is 0. The summed E-state index contributed by atoms with van der Waals surface area (Å²) < 4.78 is 0. The van der Waals surface area contributed by atoms with Gasteiger partial charge in [-0.1, -0.05) is 72.8 Å². The van der Waals surface area contributed by atoms with Crippen molar-refractivity contribution in [1.82, 2.24) is 0 Å². The van der Waals surface area contributed by atoms with Gasteiger partial charge in [0.1, 0.15) is 0 Å². The molecule has 0 nitrogen and oxygen atoms in total. The molecule has 0 heterocycles. The van der Waals surface area contributed by atoms with Gasteiger partial charge in [0.25, 0.3) is 0 Å². The fraction of sp³-hybridized carbons (Fsp3) is 0.143. The summed E-state index contributed by atoms with van der Waals surface area (Å²) in [5.41, 5.74) is 0. The maximum atomic E-state index is 2.99. The van der Waals surface area contributed by atoms with Crippen LogP contribution < -0.4 is 24.8 Å². The van der Waals surface area contributed by atoms with Crippen molar-refractivity contribution in [2.24, 2.45) is 0 Å². The second-order valence-electron chi connectivity index (χ2n) is 9.77. The third kappa shape index (κ3) is 9.73. The fourth-order valence-electron chi connectivity index (χ4n) is 4.65. The van der Waals surface area contributed by atoms with Crippen LogP contribution in [0.1, 0.15) is 6.42 Å². The summed E-state index contributed by atoms with van der Waals surface area (Å²) in [7, 11) is 0. The van der Waals surface area contributed by atoms with Crippen LogP contribution in [0.25, 0.3) is 43.1 Å². The molecule has 0 spiro atoms. The van der Waals surface area contributed by atoms with E-state index in [1.54, 1.807) is 0 Å². The molecule has 6 aromatic rings. The SMILES string of the molecule is C[Si](C)=[Ti]=[Si](C)C.[C-]1=CC=CC1.[Cl-].[Cl-].c1ccc2c(c1)[cH-]c1ccccc12.c1ccc2c(c1)[cH-]c1ccccc12. The van der Waals surface area contributed by atoms with Gasteiger partial charge in [0.2, 0.25) is 0 Å². The summed E-state index contributed by atoms with van der Waals surface area (Å²) in [5.74, 6) is 0. The Hall–Kier alpha value is -2.17. The summed E-state index contributed by atoms with van der Waals surface area (Å²) in [5, 5.41) is 10.8. The van der Waals surface area contributed by atoms with Gasteiger partial charge in [-0.05, 0) is 0 Å². The summed E-state index contributed by atoms with van der Waals surface area (Å²) >= 11 is 0.593. The standard InChI is InChI=1S/2C13H9.C5H5.2C2H6Si.2ClH.Ti/c2*1-3-7-12-10(5-1)9-11-6-2-4-8-13(11)12;1-2-4-5-3-1;2*1-3-2;;;/h2*1-9H;1-3H,4H2;2*1-2H3;2*1H;/q3*-1;;;;;/p-2. The van der Waals surface area contributed by atoms with Gasteiger partial charge in [-0.3, -0.25) is 6.08 Å². The zero-order chi connectivity index (χ0) is 26.7. The van der Waals surface area contributed by atoms with Crippen LogP contribution in [0, 0.1) is 6.08 Å². The Morgan fingerprint density at radius 1 is 0.550 bits per heavy atom. The monoisotopic (exact) mass is 629 g/mol. The van der Waals surface area contributed by atoms with E-state index < -0.39 is 0 Å². The van der Waals surface area contributed by atoms with Crippen LogP contribution in [-0.2, 0) is 16.6 Å². The molecule has 1 aliphatic carbocycles. The zero-order valence-corrected chi connectivity index (χ0v) is 28.7. The number of hydrogen-bond acceptors (Lipinski definition) is 0. The molecule has 5 heteroatoms. The van der Waals surface area contributed by atoms with Gasteiger partial charge in [0.15, 0.2) is 0 Å². The van der Waals surface area contributed by atoms with Crippen LogP contribution >= 0.6 is 0 Å². The first kappa shape index (κ1) is 34.0. The first-order valence-electron chi connectivity index (χ1n) is 13.2. The van der Waals surface area contributed by atoms with E-state index in [1.165, 1.54) is 43.1 Å². The number of allylic oxidation sites excluding steroid dienone is 4. The van der Waals surface area contributed by atoms with Crippen molar-refractivity contribution in [3.8, 4) is 0 Å². The van der Waals surface area contributed by atoms with Crippen molar-refractivity contribution >= 4 is 55.5 Å². The topological polar surface area (TPSA) is 0 Å². The van der Waals surface area contributed by atoms with Gasteiger partial charge >= 0.3 is 55.2 Å². The average Bonchev–Trinajstić information content (AvgIpc) is 3.68. The Balaban J connectivity index is 0.000000196. The first-order valence-corrected chi connectivity index (χ1v) is 22.9. The predicted octanol–water partition coefficient (Wildman–Crippen LogP) is 4.31. The molecule has 206 valence electrons. The fourth-order valence-corrected chi connectivity index (χ4v) is 22.7. The van der Waals surface area contributed by atoms with Crippen LogP contribution in [-0.4, -0.2) is 12.4 Å². The third-order valence-electron chi connectivity index (χ3n) is 6.13. The van der Waals surface area contributed by atoms with Crippen molar-refractivity contribution in [3.63, 3.8) is 0 Å². The third-order valence-corrected chi connectivity index (χ3v) is 24.2. The van der Waals surface area contributed by atoms with Crippen molar-refractivity contribution in [3.05, 3.63) is 133 Å². The molecule has 0 N–H and O–H groups in total. The van der Waals surface area contributed by atoms with Crippen LogP contribution in [0.3, 0.4) is 0 Å². The molecule has 0 atom stereocenters. The van der Waals surface area contributed by atoms with Crippen molar-refractivity contribution in [2.45, 2.75) is 32.6 Å². The molecule has 0 aromatic heterocycles. The molecule has 0 saturated carbocycles. The molecule has 0 fully saturated rings. The molecular formula is C35H35Cl2Si2Ti-5. The molecule has 0 radical (unpaired) electrons. The quantitative estimate of drug-likeness (QED) is 0.174. The van der Waals surface area contributed by atoms with E-state index in [0.29, 0.717) is 16.6 Å². The minimum absolute atomic E-state index is 0. The summed E-state index contributed by atoms with van der Waals surface area (Å²) in [6.45, 7) is 9.79. The van der Waals surface area contributed by atoms with Crippen LogP contribution in [0.5, 0.6) is 0 Å². The van der Waals surface area contributed by atoms with Crippen LogP contribution in [0.15, 0.2) is 127 Å². The molecule has 0 amide bonds. The minimum atomic E-state index is 0. The number of halogens is 2. The Bertz CT molecular complexity index is 1550. The maximum Gasteiger partial charge on any atom is -0.0771 e. The number of hydrogen-bond donors (Lipinski definition) is 0. The van der Waals surface area contributed by atoms with Gasteiger partial charge in [0, 0.05) is 0 Å². The van der Waals surface area contributed by atoms with Crippen molar-refractivity contribution in [1.29, 1.82) is 0 Å². The van der Waals surface area contributed by atoms with E-state index in [4.69, 9.17) is 0 Å². The second-order valence-corrected chi connectivity index (χ2v) is 27.6. The largest absolute Gasteiger partial charge is 1.00 e. The Morgan fingerprint density at radius 2 is 0.875 bits per heavy atom. The molecule has 6 aromatic carbocycles. The summed E-state index contributed by atoms with van der Waals surface area (Å²) in [6.07, 6.45) is 10.5. The van der Waals surface area contributed by atoms with Crippen molar-refractivity contribution in [2.75, 3.05) is 0 Å². The van der Waals surface area contributed by atoms with Crippen molar-refractivity contribution < 1.29 is 41.4 Å². The Labute approximate surface area is 261 Å². The molecule has 0 saturated heterocycles. The molecule has 7 rings (SSSR count). The van der Waals surface area contributed by atoms with E-state index in [0.717, 1.165) is 6.42 Å². The van der Waals surface area contributed by atoms with E-state index in [1.807, 2.05) is 12.2 Å². The van der Waals surface area contributed by atoms with E-state index in [-0.39, 0.29) is 37.2 Å².